The maximum atomic E-state index is 13.5. The summed E-state index contributed by atoms with van der Waals surface area (Å²) in [6.07, 6.45) is 3.87. The molecule has 0 N–H and O–H groups in total. The van der Waals surface area contributed by atoms with Gasteiger partial charge in [-0.1, -0.05) is 32.9 Å². The van der Waals surface area contributed by atoms with Gasteiger partial charge in [0.1, 0.15) is 0 Å². The summed E-state index contributed by atoms with van der Waals surface area (Å²) in [6.45, 7) is 6.73. The highest BCUT2D eigenvalue weighted by molar-refractivity contribution is 5.30. The van der Waals surface area contributed by atoms with E-state index in [0.717, 1.165) is 5.57 Å². The lowest BCUT2D eigenvalue weighted by molar-refractivity contribution is 0.315. The van der Waals surface area contributed by atoms with Crippen LogP contribution in [0.25, 0.3) is 0 Å². The van der Waals surface area contributed by atoms with Crippen LogP contribution in [0.1, 0.15) is 20.8 Å². The van der Waals surface area contributed by atoms with Crippen LogP contribution in [0.15, 0.2) is 23.7 Å². The van der Waals surface area contributed by atoms with Crippen LogP contribution in [-0.2, 0) is 0 Å². The summed E-state index contributed by atoms with van der Waals surface area (Å²) < 4.78 is 13.5. The minimum Gasteiger partial charge on any atom is -0.348 e. The molecule has 0 saturated carbocycles. The first-order valence-corrected chi connectivity index (χ1v) is 4.21. The monoisotopic (exact) mass is 169 g/mol. The summed E-state index contributed by atoms with van der Waals surface area (Å²) in [6, 6.07) is 0. The molecule has 0 atom stereocenters. The molecular weight excluding hydrogens is 153 g/mol. The number of allylic oxidation sites excluding steroid dienone is 2. The van der Waals surface area contributed by atoms with Gasteiger partial charge in [0.2, 0.25) is 0 Å². The van der Waals surface area contributed by atoms with E-state index < -0.39 is 0 Å². The van der Waals surface area contributed by atoms with E-state index in [2.05, 4.69) is 0 Å². The van der Waals surface area contributed by atoms with Gasteiger partial charge in [0.25, 0.3) is 0 Å². The SMILES string of the molecule is CN1CC=CC(C(C)(C)C)=C1F. The standard InChI is InChI=1S/C10H16FN/c1-10(2,3)8-6-5-7-12(4)9(8)11/h5-6H,7H2,1-4H3. The Bertz CT molecular complexity index is 233. The Balaban J connectivity index is 3.02. The van der Waals surface area contributed by atoms with Gasteiger partial charge in [-0.25, -0.2) is 0 Å². The molecule has 0 aliphatic carbocycles. The van der Waals surface area contributed by atoms with E-state index in [4.69, 9.17) is 0 Å². The summed E-state index contributed by atoms with van der Waals surface area (Å²) in [4.78, 5) is 1.63. The molecular formula is C10H16FN. The van der Waals surface area contributed by atoms with Crippen LogP contribution >= 0.6 is 0 Å². The molecule has 0 radical (unpaired) electrons. The molecule has 2 heteroatoms. The Kier molecular flexibility index (Phi) is 2.27. The third-order valence-electron chi connectivity index (χ3n) is 2.03. The summed E-state index contributed by atoms with van der Waals surface area (Å²) in [5.41, 5.74) is 0.686. The molecule has 0 unspecified atom stereocenters. The maximum Gasteiger partial charge on any atom is 0.193 e. The summed E-state index contributed by atoms with van der Waals surface area (Å²) in [7, 11) is 1.77. The molecule has 0 fully saturated rings. The van der Waals surface area contributed by atoms with Crippen molar-refractivity contribution < 1.29 is 4.39 Å². The highest BCUT2D eigenvalue weighted by atomic mass is 19.1. The molecule has 0 aromatic rings. The molecule has 1 heterocycles. The topological polar surface area (TPSA) is 3.24 Å². The van der Waals surface area contributed by atoms with Crippen molar-refractivity contribution in [3.63, 3.8) is 0 Å². The van der Waals surface area contributed by atoms with Crippen LogP contribution in [0, 0.1) is 5.41 Å². The Morgan fingerprint density at radius 1 is 1.42 bits per heavy atom. The van der Waals surface area contributed by atoms with E-state index in [1.807, 2.05) is 32.9 Å². The van der Waals surface area contributed by atoms with Crippen LogP contribution in [-0.4, -0.2) is 18.5 Å². The molecule has 68 valence electrons. The van der Waals surface area contributed by atoms with Gasteiger partial charge in [-0.15, -0.1) is 0 Å². The molecule has 12 heavy (non-hydrogen) atoms. The molecule has 1 rings (SSSR count). The number of nitrogens with zero attached hydrogens (tertiary/aromatic N) is 1. The van der Waals surface area contributed by atoms with Gasteiger partial charge in [-0.2, -0.15) is 4.39 Å². The van der Waals surface area contributed by atoms with E-state index in [9.17, 15) is 4.39 Å². The second-order valence-corrected chi connectivity index (χ2v) is 4.24. The first kappa shape index (κ1) is 9.30. The van der Waals surface area contributed by atoms with Gasteiger partial charge in [-0.05, 0) is 5.41 Å². The summed E-state index contributed by atoms with van der Waals surface area (Å²) in [5.74, 6) is -0.0926. The molecule has 0 amide bonds. The lowest BCUT2D eigenvalue weighted by Crippen LogP contribution is -2.24. The largest absolute Gasteiger partial charge is 0.348 e. The number of likely N-dealkylation sites (N-methyl/N-ethyl adjacent to an activating group) is 1. The van der Waals surface area contributed by atoms with E-state index in [1.165, 1.54) is 0 Å². The highest BCUT2D eigenvalue weighted by Gasteiger charge is 2.23. The van der Waals surface area contributed by atoms with Crippen molar-refractivity contribution in [3.05, 3.63) is 23.7 Å². The Hall–Kier alpha value is -0.790. The van der Waals surface area contributed by atoms with Crippen molar-refractivity contribution in [3.8, 4) is 0 Å². The predicted octanol–water partition coefficient (Wildman–Crippen LogP) is 2.72. The van der Waals surface area contributed by atoms with Gasteiger partial charge >= 0.3 is 0 Å². The van der Waals surface area contributed by atoms with Gasteiger partial charge in [0.15, 0.2) is 5.95 Å². The van der Waals surface area contributed by atoms with Crippen LogP contribution in [0.5, 0.6) is 0 Å². The molecule has 0 bridgehead atoms. The van der Waals surface area contributed by atoms with Crippen molar-refractivity contribution in [1.29, 1.82) is 0 Å². The fraction of sp³-hybridized carbons (Fsp3) is 0.600. The lowest BCUT2D eigenvalue weighted by Gasteiger charge is -2.28. The van der Waals surface area contributed by atoms with E-state index >= 15 is 0 Å². The lowest BCUT2D eigenvalue weighted by atomic mass is 9.85. The van der Waals surface area contributed by atoms with E-state index in [-0.39, 0.29) is 11.4 Å². The fourth-order valence-corrected chi connectivity index (χ4v) is 1.24. The minimum atomic E-state index is -0.102. The van der Waals surface area contributed by atoms with Crippen molar-refractivity contribution in [2.45, 2.75) is 20.8 Å². The van der Waals surface area contributed by atoms with Crippen molar-refractivity contribution in [2.24, 2.45) is 5.41 Å². The highest BCUT2D eigenvalue weighted by Crippen LogP contribution is 2.32. The third-order valence-corrected chi connectivity index (χ3v) is 2.03. The van der Waals surface area contributed by atoms with Crippen molar-refractivity contribution in [1.82, 2.24) is 4.90 Å². The average molecular weight is 169 g/mol. The van der Waals surface area contributed by atoms with Gasteiger partial charge in [0, 0.05) is 19.2 Å². The van der Waals surface area contributed by atoms with Gasteiger partial charge < -0.3 is 4.90 Å². The van der Waals surface area contributed by atoms with Crippen LogP contribution in [0.2, 0.25) is 0 Å². The second-order valence-electron chi connectivity index (χ2n) is 4.24. The van der Waals surface area contributed by atoms with E-state index in [0.29, 0.717) is 6.54 Å². The van der Waals surface area contributed by atoms with Gasteiger partial charge in [-0.3, -0.25) is 0 Å². The van der Waals surface area contributed by atoms with Crippen LogP contribution < -0.4 is 0 Å². The third kappa shape index (κ3) is 1.68. The Morgan fingerprint density at radius 3 is 2.42 bits per heavy atom. The molecule has 0 aromatic heterocycles. The van der Waals surface area contributed by atoms with Crippen molar-refractivity contribution in [2.75, 3.05) is 13.6 Å². The molecule has 1 aliphatic heterocycles. The minimum absolute atomic E-state index is 0.0926. The van der Waals surface area contributed by atoms with Crippen LogP contribution in [0.3, 0.4) is 0 Å². The summed E-state index contributed by atoms with van der Waals surface area (Å²) in [5, 5.41) is 0. The van der Waals surface area contributed by atoms with Gasteiger partial charge in [0.05, 0.1) is 0 Å². The Morgan fingerprint density at radius 2 is 2.00 bits per heavy atom. The normalized spacial score (nSPS) is 18.9. The number of hydrogen-bond donors (Lipinski definition) is 0. The van der Waals surface area contributed by atoms with E-state index in [1.54, 1.807) is 11.9 Å². The predicted molar refractivity (Wildman–Crippen MR) is 49.4 cm³/mol. The number of halogens is 1. The average Bonchev–Trinajstić information content (AvgIpc) is 1.92. The van der Waals surface area contributed by atoms with Crippen LogP contribution in [0.4, 0.5) is 4.39 Å². The zero-order valence-corrected chi connectivity index (χ0v) is 8.19. The molecule has 0 aromatic carbocycles. The Labute approximate surface area is 73.6 Å². The quantitative estimate of drug-likeness (QED) is 0.504. The molecule has 1 aliphatic rings. The zero-order valence-electron chi connectivity index (χ0n) is 8.19. The zero-order chi connectivity index (χ0) is 9.35. The first-order chi connectivity index (χ1) is 5.43. The second kappa shape index (κ2) is 2.92. The molecule has 1 nitrogen and oxygen atoms in total. The summed E-state index contributed by atoms with van der Waals surface area (Å²) >= 11 is 0. The molecule has 0 spiro atoms. The first-order valence-electron chi connectivity index (χ1n) is 4.21. The molecule has 0 saturated heterocycles. The smallest absolute Gasteiger partial charge is 0.193 e. The van der Waals surface area contributed by atoms with Crippen molar-refractivity contribution >= 4 is 0 Å². The fourth-order valence-electron chi connectivity index (χ4n) is 1.24. The number of rotatable bonds is 0. The maximum absolute atomic E-state index is 13.5. The number of hydrogen-bond acceptors (Lipinski definition) is 1.